The molecule has 0 fully saturated rings. The molecule has 0 saturated carbocycles. The van der Waals surface area contributed by atoms with Gasteiger partial charge >= 0.3 is 0 Å². The quantitative estimate of drug-likeness (QED) is 0.450. The van der Waals surface area contributed by atoms with Crippen LogP contribution in [0.15, 0.2) is 0 Å². The van der Waals surface area contributed by atoms with E-state index in [4.69, 9.17) is 20.7 Å². The maximum atomic E-state index is 8.74. The summed E-state index contributed by atoms with van der Waals surface area (Å²) in [4.78, 5) is 0. The number of hydrogen-bond donors (Lipinski definition) is 3. The molecule has 0 aliphatic rings. The Kier molecular flexibility index (Phi) is 4.55. The standard InChI is InChI=1S/C6H15NO3/c1-4(8)3-10-5(2)6(7)9/h4-6,8-9H,3,7H2,1-2H3. The Labute approximate surface area is 60.6 Å². The smallest absolute Gasteiger partial charge is 0.128 e. The van der Waals surface area contributed by atoms with Gasteiger partial charge in [-0.15, -0.1) is 0 Å². The molecule has 0 amide bonds. The van der Waals surface area contributed by atoms with Gasteiger partial charge in [-0.25, -0.2) is 0 Å². The van der Waals surface area contributed by atoms with Gasteiger partial charge in [0.2, 0.25) is 0 Å². The fourth-order valence-corrected chi connectivity index (χ4v) is 0.390. The first kappa shape index (κ1) is 9.84. The topological polar surface area (TPSA) is 75.7 Å². The fourth-order valence-electron chi connectivity index (χ4n) is 0.390. The monoisotopic (exact) mass is 149 g/mol. The van der Waals surface area contributed by atoms with Crippen LogP contribution in [0.25, 0.3) is 0 Å². The van der Waals surface area contributed by atoms with Crippen LogP contribution in [0.4, 0.5) is 0 Å². The van der Waals surface area contributed by atoms with E-state index >= 15 is 0 Å². The molecule has 4 N–H and O–H groups in total. The Morgan fingerprint density at radius 1 is 1.40 bits per heavy atom. The zero-order valence-electron chi connectivity index (χ0n) is 6.32. The first-order valence-corrected chi connectivity index (χ1v) is 3.27. The van der Waals surface area contributed by atoms with Crippen molar-refractivity contribution in [1.29, 1.82) is 0 Å². The van der Waals surface area contributed by atoms with Crippen molar-refractivity contribution in [3.8, 4) is 0 Å². The van der Waals surface area contributed by atoms with Gasteiger partial charge < -0.3 is 20.7 Å². The number of aliphatic hydroxyl groups excluding tert-OH is 2. The first-order valence-electron chi connectivity index (χ1n) is 3.27. The third-order valence-electron chi connectivity index (χ3n) is 1.08. The zero-order valence-corrected chi connectivity index (χ0v) is 6.32. The Morgan fingerprint density at radius 3 is 2.20 bits per heavy atom. The minimum atomic E-state index is -0.973. The molecule has 0 bridgehead atoms. The SMILES string of the molecule is CC(O)COC(C)C(N)O. The molecule has 3 unspecified atom stereocenters. The molecule has 0 aromatic rings. The van der Waals surface area contributed by atoms with Gasteiger partial charge in [-0.05, 0) is 13.8 Å². The van der Waals surface area contributed by atoms with E-state index in [9.17, 15) is 0 Å². The van der Waals surface area contributed by atoms with Crippen molar-refractivity contribution < 1.29 is 14.9 Å². The Hall–Kier alpha value is -0.160. The summed E-state index contributed by atoms with van der Waals surface area (Å²) in [6.45, 7) is 3.46. The summed E-state index contributed by atoms with van der Waals surface area (Å²) < 4.78 is 4.94. The van der Waals surface area contributed by atoms with E-state index in [2.05, 4.69) is 0 Å². The number of aliphatic hydroxyl groups is 2. The molecule has 0 aromatic heterocycles. The molecule has 0 aliphatic carbocycles. The minimum Gasteiger partial charge on any atom is -0.391 e. The number of hydrogen-bond acceptors (Lipinski definition) is 4. The number of ether oxygens (including phenoxy) is 1. The van der Waals surface area contributed by atoms with Crippen LogP contribution >= 0.6 is 0 Å². The summed E-state index contributed by atoms with van der Waals surface area (Å²) in [7, 11) is 0. The second kappa shape index (κ2) is 4.62. The van der Waals surface area contributed by atoms with Crippen molar-refractivity contribution in [2.45, 2.75) is 32.3 Å². The van der Waals surface area contributed by atoms with Crippen LogP contribution in [0.2, 0.25) is 0 Å². The summed E-state index contributed by atoms with van der Waals surface area (Å²) in [6, 6.07) is 0. The Balaban J connectivity index is 3.30. The largest absolute Gasteiger partial charge is 0.391 e. The lowest BCUT2D eigenvalue weighted by molar-refractivity contribution is -0.0515. The van der Waals surface area contributed by atoms with Crippen LogP contribution in [-0.4, -0.2) is 35.3 Å². The first-order chi connectivity index (χ1) is 4.54. The second-order valence-corrected chi connectivity index (χ2v) is 2.38. The predicted octanol–water partition coefficient (Wildman–Crippen LogP) is -0.951. The highest BCUT2D eigenvalue weighted by Crippen LogP contribution is 1.94. The molecule has 0 heterocycles. The van der Waals surface area contributed by atoms with Crippen LogP contribution in [0.5, 0.6) is 0 Å². The van der Waals surface area contributed by atoms with Gasteiger partial charge in [-0.1, -0.05) is 0 Å². The van der Waals surface area contributed by atoms with E-state index < -0.39 is 18.4 Å². The third-order valence-corrected chi connectivity index (χ3v) is 1.08. The van der Waals surface area contributed by atoms with Crippen LogP contribution in [0.3, 0.4) is 0 Å². The molecular formula is C6H15NO3. The normalized spacial score (nSPS) is 20.1. The van der Waals surface area contributed by atoms with Crippen molar-refractivity contribution in [1.82, 2.24) is 0 Å². The molecule has 0 saturated heterocycles. The lowest BCUT2D eigenvalue weighted by atomic mass is 10.3. The maximum absolute atomic E-state index is 8.74. The van der Waals surface area contributed by atoms with E-state index in [0.717, 1.165) is 0 Å². The predicted molar refractivity (Wildman–Crippen MR) is 37.3 cm³/mol. The molecular weight excluding hydrogens is 134 g/mol. The van der Waals surface area contributed by atoms with Gasteiger partial charge in [0.1, 0.15) is 6.23 Å². The van der Waals surface area contributed by atoms with Gasteiger partial charge in [0.05, 0.1) is 18.8 Å². The molecule has 3 atom stereocenters. The van der Waals surface area contributed by atoms with Crippen molar-refractivity contribution >= 4 is 0 Å². The zero-order chi connectivity index (χ0) is 8.15. The number of nitrogens with two attached hydrogens (primary N) is 1. The summed E-state index contributed by atoms with van der Waals surface area (Å²) >= 11 is 0. The second-order valence-electron chi connectivity index (χ2n) is 2.38. The van der Waals surface area contributed by atoms with Crippen LogP contribution in [0.1, 0.15) is 13.8 Å². The third kappa shape index (κ3) is 4.69. The Bertz CT molecular complexity index is 85.1. The molecule has 4 heteroatoms. The molecule has 62 valence electrons. The van der Waals surface area contributed by atoms with Gasteiger partial charge in [-0.3, -0.25) is 0 Å². The summed E-state index contributed by atoms with van der Waals surface area (Å²) in [5, 5.41) is 17.4. The lowest BCUT2D eigenvalue weighted by Crippen LogP contribution is -2.35. The van der Waals surface area contributed by atoms with Crippen LogP contribution in [-0.2, 0) is 4.74 Å². The van der Waals surface area contributed by atoms with Crippen LogP contribution < -0.4 is 5.73 Å². The summed E-state index contributed by atoms with van der Waals surface area (Å²) in [6.07, 6.45) is -1.91. The van der Waals surface area contributed by atoms with E-state index in [1.165, 1.54) is 0 Å². The molecule has 0 aromatic carbocycles. The minimum absolute atomic E-state index is 0.204. The average molecular weight is 149 g/mol. The van der Waals surface area contributed by atoms with E-state index in [1.54, 1.807) is 13.8 Å². The molecule has 4 nitrogen and oxygen atoms in total. The lowest BCUT2D eigenvalue weighted by Gasteiger charge is -2.16. The molecule has 0 radical (unpaired) electrons. The van der Waals surface area contributed by atoms with E-state index in [0.29, 0.717) is 0 Å². The highest BCUT2D eigenvalue weighted by molar-refractivity contribution is 4.56. The number of rotatable bonds is 4. The van der Waals surface area contributed by atoms with Gasteiger partial charge in [0, 0.05) is 0 Å². The van der Waals surface area contributed by atoms with Gasteiger partial charge in [0.15, 0.2) is 0 Å². The van der Waals surface area contributed by atoms with Gasteiger partial charge in [-0.2, -0.15) is 0 Å². The molecule has 0 spiro atoms. The average Bonchev–Trinajstić information content (AvgIpc) is 1.82. The van der Waals surface area contributed by atoms with Crippen molar-refractivity contribution in [2.75, 3.05) is 6.61 Å². The van der Waals surface area contributed by atoms with Gasteiger partial charge in [0.25, 0.3) is 0 Å². The maximum Gasteiger partial charge on any atom is 0.128 e. The summed E-state index contributed by atoms with van der Waals surface area (Å²) in [5.41, 5.74) is 5.07. The van der Waals surface area contributed by atoms with Crippen molar-refractivity contribution in [3.63, 3.8) is 0 Å². The van der Waals surface area contributed by atoms with Crippen LogP contribution in [0, 0.1) is 0 Å². The summed E-state index contributed by atoms with van der Waals surface area (Å²) in [5.74, 6) is 0. The van der Waals surface area contributed by atoms with E-state index in [-0.39, 0.29) is 6.61 Å². The molecule has 10 heavy (non-hydrogen) atoms. The highest BCUT2D eigenvalue weighted by Gasteiger charge is 2.09. The Morgan fingerprint density at radius 2 is 1.90 bits per heavy atom. The van der Waals surface area contributed by atoms with Crippen molar-refractivity contribution in [2.24, 2.45) is 5.73 Å². The van der Waals surface area contributed by atoms with E-state index in [1.807, 2.05) is 0 Å². The molecule has 0 rings (SSSR count). The molecule has 0 aliphatic heterocycles. The van der Waals surface area contributed by atoms with Crippen molar-refractivity contribution in [3.05, 3.63) is 0 Å². The fraction of sp³-hybridized carbons (Fsp3) is 1.00. The highest BCUT2D eigenvalue weighted by atomic mass is 16.5.